The number of azo groups is 1. The molecule has 1 aromatic carbocycles. The van der Waals surface area contributed by atoms with Crippen molar-refractivity contribution in [2.75, 3.05) is 0 Å². The summed E-state index contributed by atoms with van der Waals surface area (Å²) in [5, 5.41) is 27.4. The SMILES string of the molecule is CCCn1c(O)c(C#N)c(C)c(N=Nc2ccc(I)cc2)c1=O. The molecule has 2 aromatic rings. The predicted octanol–water partition coefficient (Wildman–Crippen LogP) is 4.16. The Morgan fingerprint density at radius 1 is 1.30 bits per heavy atom. The lowest BCUT2D eigenvalue weighted by atomic mass is 10.1. The Labute approximate surface area is 147 Å². The van der Waals surface area contributed by atoms with Crippen molar-refractivity contribution in [3.8, 4) is 11.9 Å². The molecule has 0 atom stereocenters. The Morgan fingerprint density at radius 2 is 1.96 bits per heavy atom. The van der Waals surface area contributed by atoms with Gasteiger partial charge in [-0.15, -0.1) is 5.11 Å². The van der Waals surface area contributed by atoms with Gasteiger partial charge in [-0.2, -0.15) is 10.4 Å². The summed E-state index contributed by atoms with van der Waals surface area (Å²) in [6, 6.07) is 9.27. The summed E-state index contributed by atoms with van der Waals surface area (Å²) < 4.78 is 2.23. The maximum atomic E-state index is 12.5. The molecule has 0 spiro atoms. The number of pyridine rings is 1. The van der Waals surface area contributed by atoms with Crippen LogP contribution < -0.4 is 5.56 Å². The largest absolute Gasteiger partial charge is 0.493 e. The van der Waals surface area contributed by atoms with Crippen LogP contribution in [0.15, 0.2) is 39.3 Å². The second-order valence-electron chi connectivity index (χ2n) is 4.92. The van der Waals surface area contributed by atoms with E-state index >= 15 is 0 Å². The molecule has 118 valence electrons. The first-order valence-corrected chi connectivity index (χ1v) is 8.11. The Hall–Kier alpha value is -2.21. The molecule has 23 heavy (non-hydrogen) atoms. The lowest BCUT2D eigenvalue weighted by molar-refractivity contribution is 0.402. The predicted molar refractivity (Wildman–Crippen MR) is 95.4 cm³/mol. The van der Waals surface area contributed by atoms with E-state index < -0.39 is 5.56 Å². The fourth-order valence-corrected chi connectivity index (χ4v) is 2.46. The first-order valence-electron chi connectivity index (χ1n) is 7.03. The van der Waals surface area contributed by atoms with Gasteiger partial charge in [0.15, 0.2) is 5.69 Å². The van der Waals surface area contributed by atoms with E-state index in [4.69, 9.17) is 0 Å². The van der Waals surface area contributed by atoms with Crippen LogP contribution in [0, 0.1) is 21.8 Å². The average Bonchev–Trinajstić information content (AvgIpc) is 2.53. The van der Waals surface area contributed by atoms with Gasteiger partial charge in [0.05, 0.1) is 5.69 Å². The van der Waals surface area contributed by atoms with Gasteiger partial charge in [0, 0.05) is 15.7 Å². The van der Waals surface area contributed by atoms with Crippen molar-refractivity contribution < 1.29 is 5.11 Å². The summed E-state index contributed by atoms with van der Waals surface area (Å²) in [5.41, 5.74) is 0.616. The highest BCUT2D eigenvalue weighted by Gasteiger charge is 2.18. The molecule has 0 saturated carbocycles. The van der Waals surface area contributed by atoms with Gasteiger partial charge in [0.1, 0.15) is 11.6 Å². The highest BCUT2D eigenvalue weighted by atomic mass is 127. The monoisotopic (exact) mass is 422 g/mol. The maximum absolute atomic E-state index is 12.5. The maximum Gasteiger partial charge on any atom is 0.281 e. The van der Waals surface area contributed by atoms with E-state index in [0.29, 0.717) is 24.2 Å². The van der Waals surface area contributed by atoms with Crippen molar-refractivity contribution in [1.29, 1.82) is 5.26 Å². The van der Waals surface area contributed by atoms with E-state index in [1.807, 2.05) is 25.1 Å². The van der Waals surface area contributed by atoms with E-state index in [9.17, 15) is 15.2 Å². The van der Waals surface area contributed by atoms with Gasteiger partial charge < -0.3 is 5.11 Å². The minimum absolute atomic E-state index is 0.0506. The van der Waals surface area contributed by atoms with Crippen LogP contribution in [0.1, 0.15) is 24.5 Å². The minimum Gasteiger partial charge on any atom is -0.493 e. The number of aromatic nitrogens is 1. The molecule has 0 aliphatic carbocycles. The van der Waals surface area contributed by atoms with Crippen LogP contribution >= 0.6 is 22.6 Å². The highest BCUT2D eigenvalue weighted by Crippen LogP contribution is 2.27. The molecule has 0 aliphatic heterocycles. The van der Waals surface area contributed by atoms with Gasteiger partial charge in [-0.3, -0.25) is 9.36 Å². The number of nitriles is 1. The second kappa shape index (κ2) is 7.37. The molecule has 0 bridgehead atoms. The van der Waals surface area contributed by atoms with Crippen molar-refractivity contribution in [2.24, 2.45) is 10.2 Å². The Balaban J connectivity index is 2.58. The summed E-state index contributed by atoms with van der Waals surface area (Å²) in [4.78, 5) is 12.5. The van der Waals surface area contributed by atoms with E-state index in [0.717, 1.165) is 8.14 Å². The van der Waals surface area contributed by atoms with Crippen LogP contribution in [0.2, 0.25) is 0 Å². The molecule has 0 fully saturated rings. The molecular formula is C16H15IN4O2. The van der Waals surface area contributed by atoms with Crippen molar-refractivity contribution in [1.82, 2.24) is 4.57 Å². The van der Waals surface area contributed by atoms with Gasteiger partial charge in [-0.1, -0.05) is 6.92 Å². The quantitative estimate of drug-likeness (QED) is 0.593. The standard InChI is InChI=1S/C16H15IN4O2/c1-3-8-21-15(22)13(9-18)10(2)14(16(21)23)20-19-12-6-4-11(17)5-7-12/h4-7,22H,3,8H2,1-2H3. The molecule has 0 unspecified atom stereocenters. The minimum atomic E-state index is -0.449. The van der Waals surface area contributed by atoms with Gasteiger partial charge in [0.2, 0.25) is 5.88 Å². The van der Waals surface area contributed by atoms with Crippen LogP contribution in [-0.2, 0) is 6.54 Å². The molecule has 2 rings (SSSR count). The molecular weight excluding hydrogens is 407 g/mol. The molecule has 6 nitrogen and oxygen atoms in total. The van der Waals surface area contributed by atoms with Crippen LogP contribution in [0.25, 0.3) is 0 Å². The van der Waals surface area contributed by atoms with Gasteiger partial charge in [0.25, 0.3) is 5.56 Å². The highest BCUT2D eigenvalue weighted by molar-refractivity contribution is 14.1. The summed E-state index contributed by atoms with van der Waals surface area (Å²) in [6.45, 7) is 3.77. The van der Waals surface area contributed by atoms with Gasteiger partial charge in [-0.25, -0.2) is 0 Å². The van der Waals surface area contributed by atoms with E-state index in [-0.39, 0.29) is 17.1 Å². The van der Waals surface area contributed by atoms with Gasteiger partial charge in [-0.05, 0) is 60.2 Å². The smallest absolute Gasteiger partial charge is 0.281 e. The Morgan fingerprint density at radius 3 is 2.52 bits per heavy atom. The van der Waals surface area contributed by atoms with Crippen molar-refractivity contribution >= 4 is 34.0 Å². The van der Waals surface area contributed by atoms with Crippen LogP contribution in [0.3, 0.4) is 0 Å². The number of rotatable bonds is 4. The molecule has 7 heteroatoms. The number of aromatic hydroxyl groups is 1. The Kier molecular flexibility index (Phi) is 5.50. The number of hydrogen-bond acceptors (Lipinski definition) is 5. The second-order valence-corrected chi connectivity index (χ2v) is 6.16. The zero-order chi connectivity index (χ0) is 17.0. The van der Waals surface area contributed by atoms with Crippen molar-refractivity contribution in [2.45, 2.75) is 26.8 Å². The van der Waals surface area contributed by atoms with E-state index in [1.165, 1.54) is 0 Å². The van der Waals surface area contributed by atoms with Crippen molar-refractivity contribution in [3.05, 3.63) is 49.3 Å². The topological polar surface area (TPSA) is 90.7 Å². The summed E-state index contributed by atoms with van der Waals surface area (Å²) >= 11 is 2.18. The van der Waals surface area contributed by atoms with Crippen molar-refractivity contribution in [3.63, 3.8) is 0 Å². The molecule has 0 radical (unpaired) electrons. The number of nitrogens with zero attached hydrogens (tertiary/aromatic N) is 4. The van der Waals surface area contributed by atoms with E-state index in [1.54, 1.807) is 19.1 Å². The van der Waals surface area contributed by atoms with Crippen LogP contribution in [0.5, 0.6) is 5.88 Å². The number of halogens is 1. The third-order valence-corrected chi connectivity index (χ3v) is 4.03. The zero-order valence-electron chi connectivity index (χ0n) is 12.7. The average molecular weight is 422 g/mol. The first-order chi connectivity index (χ1) is 11.0. The number of benzene rings is 1. The summed E-state index contributed by atoms with van der Waals surface area (Å²) in [6.07, 6.45) is 0.648. The fraction of sp³-hybridized carbons (Fsp3) is 0.250. The summed E-state index contributed by atoms with van der Waals surface area (Å²) in [7, 11) is 0. The normalized spacial score (nSPS) is 10.9. The number of hydrogen-bond donors (Lipinski definition) is 1. The molecule has 1 aromatic heterocycles. The fourth-order valence-electron chi connectivity index (χ4n) is 2.10. The Bertz CT molecular complexity index is 848. The lowest BCUT2D eigenvalue weighted by Crippen LogP contribution is -2.21. The molecule has 0 aliphatic rings. The molecule has 1 heterocycles. The zero-order valence-corrected chi connectivity index (χ0v) is 14.9. The molecule has 1 N–H and O–H groups in total. The van der Waals surface area contributed by atoms with Crippen LogP contribution in [-0.4, -0.2) is 9.67 Å². The van der Waals surface area contributed by atoms with Crippen LogP contribution in [0.4, 0.5) is 11.4 Å². The third-order valence-electron chi connectivity index (χ3n) is 3.31. The third kappa shape index (κ3) is 3.59. The molecule has 0 amide bonds. The lowest BCUT2D eigenvalue weighted by Gasteiger charge is -2.11. The van der Waals surface area contributed by atoms with Gasteiger partial charge >= 0.3 is 0 Å². The summed E-state index contributed by atoms with van der Waals surface area (Å²) in [5.74, 6) is -0.315. The molecule has 0 saturated heterocycles. The van der Waals surface area contributed by atoms with E-state index in [2.05, 4.69) is 32.8 Å². The first kappa shape index (κ1) is 17.1.